The predicted octanol–water partition coefficient (Wildman–Crippen LogP) is 5.70. The Hall–Kier alpha value is -3.84. The molecule has 2 atom stereocenters. The van der Waals surface area contributed by atoms with Gasteiger partial charge in [0, 0.05) is 47.9 Å². The molecule has 6 heteroatoms. The molecule has 0 saturated carbocycles. The van der Waals surface area contributed by atoms with Crippen LogP contribution in [0.2, 0.25) is 0 Å². The zero-order valence-corrected chi connectivity index (χ0v) is 21.6. The van der Waals surface area contributed by atoms with Crippen molar-refractivity contribution in [3.05, 3.63) is 108 Å². The van der Waals surface area contributed by atoms with E-state index in [1.807, 2.05) is 78.9 Å². The van der Waals surface area contributed by atoms with Crippen molar-refractivity contribution < 1.29 is 19.7 Å². The summed E-state index contributed by atoms with van der Waals surface area (Å²) in [6.45, 7) is 2.13. The highest BCUT2D eigenvalue weighted by Crippen LogP contribution is 2.33. The third kappa shape index (κ3) is 6.00. The summed E-state index contributed by atoms with van der Waals surface area (Å²) in [7, 11) is 1.63. The van der Waals surface area contributed by atoms with Gasteiger partial charge in [-0.25, -0.2) is 0 Å². The molecule has 0 bridgehead atoms. The summed E-state index contributed by atoms with van der Waals surface area (Å²) in [6.07, 6.45) is -1.28. The quantitative estimate of drug-likeness (QED) is 0.201. The van der Waals surface area contributed by atoms with Gasteiger partial charge >= 0.3 is 0 Å². The molecule has 0 spiro atoms. The van der Waals surface area contributed by atoms with Gasteiger partial charge in [0.1, 0.15) is 6.61 Å². The predicted molar refractivity (Wildman–Crippen MR) is 152 cm³/mol. The maximum Gasteiger partial charge on any atom is 0.161 e. The molecule has 3 N–H and O–H groups in total. The van der Waals surface area contributed by atoms with Crippen molar-refractivity contribution in [2.75, 3.05) is 26.8 Å². The highest BCUT2D eigenvalue weighted by Gasteiger charge is 2.21. The van der Waals surface area contributed by atoms with Crippen LogP contribution >= 0.6 is 0 Å². The van der Waals surface area contributed by atoms with E-state index in [4.69, 9.17) is 9.47 Å². The van der Waals surface area contributed by atoms with Gasteiger partial charge in [-0.1, -0.05) is 72.8 Å². The van der Waals surface area contributed by atoms with Gasteiger partial charge in [-0.05, 0) is 35.4 Å². The number of para-hydroxylation sites is 3. The van der Waals surface area contributed by atoms with E-state index in [0.29, 0.717) is 37.7 Å². The number of rotatable bonds is 12. The fraction of sp³-hybridized carbons (Fsp3) is 0.250. The van der Waals surface area contributed by atoms with E-state index < -0.39 is 12.2 Å². The number of hydrogen-bond donors (Lipinski definition) is 3. The molecule has 0 amide bonds. The number of aliphatic hydroxyl groups excluding tert-OH is 2. The van der Waals surface area contributed by atoms with Gasteiger partial charge in [-0.3, -0.25) is 4.90 Å². The van der Waals surface area contributed by atoms with Crippen molar-refractivity contribution in [2.45, 2.75) is 25.2 Å². The number of nitrogens with one attached hydrogen (secondary N) is 1. The Balaban J connectivity index is 1.28. The zero-order chi connectivity index (χ0) is 26.3. The number of aromatic nitrogens is 1. The van der Waals surface area contributed by atoms with E-state index in [1.54, 1.807) is 7.11 Å². The molecule has 0 fully saturated rings. The Morgan fingerprint density at radius 1 is 0.789 bits per heavy atom. The Morgan fingerprint density at radius 2 is 1.50 bits per heavy atom. The Morgan fingerprint density at radius 3 is 2.32 bits per heavy atom. The fourth-order valence-corrected chi connectivity index (χ4v) is 5.06. The van der Waals surface area contributed by atoms with E-state index in [0.717, 1.165) is 32.9 Å². The average molecular weight is 511 g/mol. The summed E-state index contributed by atoms with van der Waals surface area (Å²) < 4.78 is 11.4. The van der Waals surface area contributed by atoms with Crippen LogP contribution in [-0.2, 0) is 6.54 Å². The Labute approximate surface area is 223 Å². The molecule has 6 nitrogen and oxygen atoms in total. The lowest BCUT2D eigenvalue weighted by molar-refractivity contribution is 0.0484. The third-order valence-electron chi connectivity index (χ3n) is 6.87. The number of fused-ring (bicyclic) bond motifs is 3. The van der Waals surface area contributed by atoms with Crippen LogP contribution in [-0.4, -0.2) is 53.0 Å². The number of aromatic amines is 1. The average Bonchev–Trinajstić information content (AvgIpc) is 3.32. The van der Waals surface area contributed by atoms with Crippen molar-refractivity contribution in [3.8, 4) is 11.5 Å². The maximum atomic E-state index is 11.2. The number of H-pyrrole nitrogens is 1. The standard InChI is InChI=1S/C32H34N2O4/c1-37-30-16-7-8-17-31(30)38-19-18-34(21-23-10-3-2-4-11-23)22-24(35)20-29(36)26-13-9-15-28-32(26)25-12-5-6-14-27(25)33-28/h2-17,24,29,33,35-36H,18-22H2,1H3/t24-,29-/m1/s1. The van der Waals surface area contributed by atoms with E-state index in [1.165, 1.54) is 0 Å². The number of ether oxygens (including phenoxy) is 2. The Bertz CT molecular complexity index is 1470. The maximum absolute atomic E-state index is 11.2. The van der Waals surface area contributed by atoms with Crippen LogP contribution in [0.1, 0.15) is 23.7 Å². The molecule has 196 valence electrons. The lowest BCUT2D eigenvalue weighted by Crippen LogP contribution is -2.35. The normalized spacial score (nSPS) is 13.2. The van der Waals surface area contributed by atoms with Gasteiger partial charge in [0.15, 0.2) is 11.5 Å². The van der Waals surface area contributed by atoms with Crippen LogP contribution < -0.4 is 9.47 Å². The van der Waals surface area contributed by atoms with E-state index in [-0.39, 0.29) is 6.42 Å². The number of methoxy groups -OCH3 is 1. The first kappa shape index (κ1) is 25.8. The van der Waals surface area contributed by atoms with E-state index >= 15 is 0 Å². The van der Waals surface area contributed by atoms with Gasteiger partial charge < -0.3 is 24.7 Å². The zero-order valence-electron chi connectivity index (χ0n) is 21.6. The number of hydrogen-bond acceptors (Lipinski definition) is 5. The van der Waals surface area contributed by atoms with Crippen molar-refractivity contribution in [1.29, 1.82) is 0 Å². The molecule has 0 aliphatic rings. The molecule has 0 aliphatic heterocycles. The van der Waals surface area contributed by atoms with Crippen molar-refractivity contribution in [2.24, 2.45) is 0 Å². The second-order valence-electron chi connectivity index (χ2n) is 9.57. The Kier molecular flexibility index (Phi) is 8.24. The second-order valence-corrected chi connectivity index (χ2v) is 9.57. The summed E-state index contributed by atoms with van der Waals surface area (Å²) in [5, 5.41) is 24.4. The lowest BCUT2D eigenvalue weighted by Gasteiger charge is -2.26. The van der Waals surface area contributed by atoms with Crippen LogP contribution in [0.5, 0.6) is 11.5 Å². The minimum Gasteiger partial charge on any atom is -0.493 e. The fourth-order valence-electron chi connectivity index (χ4n) is 5.06. The molecule has 0 aliphatic carbocycles. The summed E-state index contributed by atoms with van der Waals surface area (Å²) >= 11 is 0. The number of benzene rings is 4. The van der Waals surface area contributed by atoms with E-state index in [2.05, 4.69) is 28.1 Å². The summed E-state index contributed by atoms with van der Waals surface area (Å²) in [6, 6.07) is 31.8. The second kappa shape index (κ2) is 12.1. The summed E-state index contributed by atoms with van der Waals surface area (Å²) in [5.41, 5.74) is 4.00. The smallest absolute Gasteiger partial charge is 0.161 e. The largest absolute Gasteiger partial charge is 0.493 e. The van der Waals surface area contributed by atoms with Crippen molar-refractivity contribution >= 4 is 21.8 Å². The van der Waals surface area contributed by atoms with Crippen LogP contribution in [0.15, 0.2) is 97.1 Å². The van der Waals surface area contributed by atoms with Gasteiger partial charge in [-0.2, -0.15) is 0 Å². The van der Waals surface area contributed by atoms with Crippen LogP contribution in [0.3, 0.4) is 0 Å². The SMILES string of the molecule is COc1ccccc1OCCN(Cc1ccccc1)C[C@H](O)C[C@@H](O)c1cccc2[nH]c3ccccc3c12. The highest BCUT2D eigenvalue weighted by molar-refractivity contribution is 6.09. The van der Waals surface area contributed by atoms with Gasteiger partial charge in [0.05, 0.1) is 19.3 Å². The highest BCUT2D eigenvalue weighted by atomic mass is 16.5. The molecule has 1 aromatic heterocycles. The molecule has 0 saturated heterocycles. The van der Waals surface area contributed by atoms with E-state index in [9.17, 15) is 10.2 Å². The lowest BCUT2D eigenvalue weighted by atomic mass is 9.97. The molecule has 38 heavy (non-hydrogen) atoms. The van der Waals surface area contributed by atoms with Crippen LogP contribution in [0, 0.1) is 0 Å². The number of aliphatic hydroxyl groups is 2. The van der Waals surface area contributed by atoms with Gasteiger partial charge in [0.25, 0.3) is 0 Å². The van der Waals surface area contributed by atoms with Gasteiger partial charge in [0.2, 0.25) is 0 Å². The van der Waals surface area contributed by atoms with Gasteiger partial charge in [-0.15, -0.1) is 0 Å². The minimum atomic E-state index is -0.795. The topological polar surface area (TPSA) is 78.0 Å². The molecule has 4 aromatic carbocycles. The van der Waals surface area contributed by atoms with Crippen molar-refractivity contribution in [3.63, 3.8) is 0 Å². The first-order valence-corrected chi connectivity index (χ1v) is 13.0. The van der Waals surface area contributed by atoms with Crippen LogP contribution in [0.25, 0.3) is 21.8 Å². The molecule has 5 aromatic rings. The van der Waals surface area contributed by atoms with Crippen molar-refractivity contribution in [1.82, 2.24) is 9.88 Å². The molecule has 1 heterocycles. The first-order chi connectivity index (χ1) is 18.6. The monoisotopic (exact) mass is 510 g/mol. The first-order valence-electron chi connectivity index (χ1n) is 13.0. The third-order valence-corrected chi connectivity index (χ3v) is 6.87. The van der Waals surface area contributed by atoms with Crippen LogP contribution in [0.4, 0.5) is 0 Å². The number of nitrogens with zero attached hydrogens (tertiary/aromatic N) is 1. The molecule has 0 radical (unpaired) electrons. The minimum absolute atomic E-state index is 0.233. The summed E-state index contributed by atoms with van der Waals surface area (Å²) in [4.78, 5) is 5.59. The molecule has 5 rings (SSSR count). The molecule has 0 unspecified atom stereocenters. The molecular formula is C32H34N2O4. The summed E-state index contributed by atoms with van der Waals surface area (Å²) in [5.74, 6) is 1.38. The molecular weight excluding hydrogens is 476 g/mol.